The van der Waals surface area contributed by atoms with Gasteiger partial charge in [0, 0.05) is 30.8 Å². The summed E-state index contributed by atoms with van der Waals surface area (Å²) in [6, 6.07) is 8.82. The number of halogens is 1. The number of carbonyl (C=O) groups excluding carboxylic acids is 1. The number of fused-ring (bicyclic) bond motifs is 1. The summed E-state index contributed by atoms with van der Waals surface area (Å²) >= 11 is 5.98. The van der Waals surface area contributed by atoms with Crippen LogP contribution in [-0.4, -0.2) is 40.6 Å². The van der Waals surface area contributed by atoms with Gasteiger partial charge in [0.2, 0.25) is 5.88 Å². The van der Waals surface area contributed by atoms with E-state index >= 15 is 0 Å². The van der Waals surface area contributed by atoms with Gasteiger partial charge in [-0.15, -0.1) is 0 Å². The van der Waals surface area contributed by atoms with Gasteiger partial charge in [0.05, 0.1) is 12.6 Å². The van der Waals surface area contributed by atoms with Crippen LogP contribution in [0.15, 0.2) is 39.5 Å². The highest BCUT2D eigenvalue weighted by atomic mass is 35.5. The van der Waals surface area contributed by atoms with Crippen molar-refractivity contribution in [2.45, 2.75) is 25.8 Å². The molecule has 0 atom stereocenters. The molecule has 0 spiro atoms. The van der Waals surface area contributed by atoms with Crippen LogP contribution in [-0.2, 0) is 0 Å². The summed E-state index contributed by atoms with van der Waals surface area (Å²) in [7, 11) is 1.48. The zero-order chi connectivity index (χ0) is 19.8. The van der Waals surface area contributed by atoms with Crippen molar-refractivity contribution < 1.29 is 13.9 Å². The molecule has 7 nitrogen and oxygen atoms in total. The Morgan fingerprint density at radius 1 is 1.25 bits per heavy atom. The Bertz CT molecular complexity index is 1100. The summed E-state index contributed by atoms with van der Waals surface area (Å²) in [6.45, 7) is 3.06. The summed E-state index contributed by atoms with van der Waals surface area (Å²) in [5.74, 6) is -0.171. The number of amides is 1. The van der Waals surface area contributed by atoms with Gasteiger partial charge in [0.25, 0.3) is 5.91 Å². The number of carbonyl (C=O) groups is 1. The van der Waals surface area contributed by atoms with Gasteiger partial charge in [0.1, 0.15) is 5.15 Å². The molecule has 1 aliphatic heterocycles. The second-order valence-electron chi connectivity index (χ2n) is 6.95. The Hall–Kier alpha value is -2.80. The van der Waals surface area contributed by atoms with Gasteiger partial charge in [-0.1, -0.05) is 17.7 Å². The Morgan fingerprint density at radius 3 is 2.71 bits per heavy atom. The minimum atomic E-state index is -0.351. The lowest BCUT2D eigenvalue weighted by Crippen LogP contribution is -2.40. The van der Waals surface area contributed by atoms with E-state index < -0.39 is 0 Å². The van der Waals surface area contributed by atoms with Gasteiger partial charge >= 0.3 is 5.76 Å². The average molecular weight is 402 g/mol. The first kappa shape index (κ1) is 18.6. The molecule has 3 aromatic rings. The maximum atomic E-state index is 12.8. The smallest absolute Gasteiger partial charge is 0.420 e. The lowest BCUT2D eigenvalue weighted by Gasteiger charge is -2.32. The topological polar surface area (TPSA) is 77.6 Å². The fraction of sp³-hybridized carbons (Fsp3) is 0.350. The van der Waals surface area contributed by atoms with Crippen molar-refractivity contribution in [1.82, 2.24) is 14.5 Å². The number of ether oxygens (including phenoxy) is 1. The van der Waals surface area contributed by atoms with Crippen molar-refractivity contribution >= 4 is 28.6 Å². The van der Waals surface area contributed by atoms with E-state index in [1.165, 1.54) is 13.2 Å². The van der Waals surface area contributed by atoms with Crippen molar-refractivity contribution in [3.05, 3.63) is 57.2 Å². The van der Waals surface area contributed by atoms with E-state index in [0.717, 1.165) is 11.1 Å². The van der Waals surface area contributed by atoms with E-state index in [1.54, 1.807) is 15.5 Å². The Balaban J connectivity index is 1.53. The van der Waals surface area contributed by atoms with Crippen molar-refractivity contribution in [2.24, 2.45) is 0 Å². The van der Waals surface area contributed by atoms with E-state index in [2.05, 4.69) is 4.98 Å². The summed E-state index contributed by atoms with van der Waals surface area (Å²) in [6.07, 6.45) is 1.34. The number of aryl methyl sites for hydroxylation is 1. The number of rotatable bonds is 3. The third-order valence-corrected chi connectivity index (χ3v) is 5.31. The molecule has 0 radical (unpaired) electrons. The first-order valence-electron chi connectivity index (χ1n) is 9.09. The molecule has 3 heterocycles. The maximum absolute atomic E-state index is 12.8. The fourth-order valence-corrected chi connectivity index (χ4v) is 3.90. The lowest BCUT2D eigenvalue weighted by atomic mass is 10.0. The van der Waals surface area contributed by atoms with Crippen LogP contribution in [0.3, 0.4) is 0 Å². The van der Waals surface area contributed by atoms with Crippen molar-refractivity contribution in [1.29, 1.82) is 0 Å². The second kappa shape index (κ2) is 7.31. The predicted molar refractivity (Wildman–Crippen MR) is 105 cm³/mol. The first-order valence-corrected chi connectivity index (χ1v) is 9.46. The summed E-state index contributed by atoms with van der Waals surface area (Å²) in [5.41, 5.74) is 2.91. The molecular weight excluding hydrogens is 382 g/mol. The highest BCUT2D eigenvalue weighted by molar-refractivity contribution is 6.29. The molecule has 0 aliphatic carbocycles. The largest absolute Gasteiger partial charge is 0.481 e. The van der Waals surface area contributed by atoms with Crippen LogP contribution in [0.4, 0.5) is 0 Å². The van der Waals surface area contributed by atoms with Crippen molar-refractivity contribution in [2.75, 3.05) is 20.2 Å². The van der Waals surface area contributed by atoms with Gasteiger partial charge in [0.15, 0.2) is 5.58 Å². The van der Waals surface area contributed by atoms with E-state index in [9.17, 15) is 9.59 Å². The normalized spacial score (nSPS) is 15.2. The number of pyridine rings is 1. The van der Waals surface area contributed by atoms with E-state index in [1.807, 2.05) is 25.1 Å². The third kappa shape index (κ3) is 3.38. The molecule has 8 heteroatoms. The molecule has 1 amide bonds. The number of benzene rings is 1. The number of methoxy groups -OCH3 is 1. The van der Waals surface area contributed by atoms with Crippen LogP contribution >= 0.6 is 11.6 Å². The Labute approximate surface area is 166 Å². The molecule has 1 fully saturated rings. The van der Waals surface area contributed by atoms with E-state index in [4.69, 9.17) is 20.8 Å². The monoisotopic (exact) mass is 401 g/mol. The zero-order valence-electron chi connectivity index (χ0n) is 15.6. The Kier molecular flexibility index (Phi) is 4.85. The average Bonchev–Trinajstić information content (AvgIpc) is 3.02. The minimum Gasteiger partial charge on any atom is -0.481 e. The molecule has 1 aliphatic rings. The molecule has 28 heavy (non-hydrogen) atoms. The number of oxazole rings is 1. The van der Waals surface area contributed by atoms with Crippen LogP contribution in [0.2, 0.25) is 5.15 Å². The minimum absolute atomic E-state index is 0.00448. The van der Waals surface area contributed by atoms with Crippen LogP contribution in [0.1, 0.15) is 34.8 Å². The van der Waals surface area contributed by atoms with Crippen molar-refractivity contribution in [3.8, 4) is 5.88 Å². The molecule has 146 valence electrons. The van der Waals surface area contributed by atoms with Gasteiger partial charge in [-0.3, -0.25) is 9.36 Å². The van der Waals surface area contributed by atoms with Crippen molar-refractivity contribution in [3.63, 3.8) is 0 Å². The number of likely N-dealkylation sites (tertiary alicyclic amines) is 1. The SMILES string of the molecule is COc1cc(C(=O)N2CCC(n3c(=O)oc4ccc(C)cc43)CC2)cc(Cl)n1. The lowest BCUT2D eigenvalue weighted by molar-refractivity contribution is 0.0693. The standard InChI is InChI=1S/C20H20ClN3O4/c1-12-3-4-16-15(9-12)24(20(26)28-16)14-5-7-23(8-6-14)19(25)13-10-17(21)22-18(11-13)27-2/h3-4,9-11,14H,5-8H2,1-2H3. The molecule has 1 aromatic carbocycles. The molecule has 0 saturated carbocycles. The molecule has 0 N–H and O–H groups in total. The van der Waals surface area contributed by atoms with Gasteiger partial charge in [-0.2, -0.15) is 0 Å². The summed E-state index contributed by atoms with van der Waals surface area (Å²) < 4.78 is 12.2. The number of piperidine rings is 1. The van der Waals surface area contributed by atoms with E-state index in [-0.39, 0.29) is 22.9 Å². The molecule has 1 saturated heterocycles. The number of aromatic nitrogens is 2. The third-order valence-electron chi connectivity index (χ3n) is 5.11. The van der Waals surface area contributed by atoms with Gasteiger partial charge < -0.3 is 14.1 Å². The van der Waals surface area contributed by atoms with Crippen LogP contribution in [0, 0.1) is 6.92 Å². The highest BCUT2D eigenvalue weighted by Gasteiger charge is 2.27. The maximum Gasteiger partial charge on any atom is 0.420 e. The Morgan fingerprint density at radius 2 is 2.00 bits per heavy atom. The van der Waals surface area contributed by atoms with Crippen LogP contribution < -0.4 is 10.5 Å². The first-order chi connectivity index (χ1) is 13.5. The van der Waals surface area contributed by atoms with Gasteiger partial charge in [-0.25, -0.2) is 9.78 Å². The summed E-state index contributed by atoms with van der Waals surface area (Å²) in [5, 5.41) is 0.212. The zero-order valence-corrected chi connectivity index (χ0v) is 16.4. The highest BCUT2D eigenvalue weighted by Crippen LogP contribution is 2.27. The molecule has 2 aromatic heterocycles. The van der Waals surface area contributed by atoms with Gasteiger partial charge in [-0.05, 0) is 43.5 Å². The molecule has 4 rings (SSSR count). The second-order valence-corrected chi connectivity index (χ2v) is 7.34. The molecule has 0 bridgehead atoms. The summed E-state index contributed by atoms with van der Waals surface area (Å²) in [4.78, 5) is 31.0. The van der Waals surface area contributed by atoms with Crippen LogP contribution in [0.25, 0.3) is 11.1 Å². The van der Waals surface area contributed by atoms with Crippen LogP contribution in [0.5, 0.6) is 5.88 Å². The number of nitrogens with zero attached hydrogens (tertiary/aromatic N) is 3. The molecule has 0 unspecified atom stereocenters. The van der Waals surface area contributed by atoms with E-state index in [0.29, 0.717) is 43.0 Å². The quantitative estimate of drug-likeness (QED) is 0.628. The predicted octanol–water partition coefficient (Wildman–Crippen LogP) is 3.44. The molecular formula is C20H20ClN3O4. The number of hydrogen-bond acceptors (Lipinski definition) is 5. The number of hydrogen-bond donors (Lipinski definition) is 0. The fourth-order valence-electron chi connectivity index (χ4n) is 3.70.